The first-order chi connectivity index (χ1) is 17.5. The van der Waals surface area contributed by atoms with Crippen LogP contribution in [-0.2, 0) is 9.59 Å². The molecule has 36 heavy (non-hydrogen) atoms. The van der Waals surface area contributed by atoms with Gasteiger partial charge in [-0.2, -0.15) is 5.10 Å². The number of aromatic amines is 1. The maximum Gasteiger partial charge on any atom is 0.275 e. The van der Waals surface area contributed by atoms with Gasteiger partial charge in [0.2, 0.25) is 11.8 Å². The Morgan fingerprint density at radius 3 is 2.39 bits per heavy atom. The maximum absolute atomic E-state index is 13.4. The normalized spacial score (nSPS) is 21.7. The van der Waals surface area contributed by atoms with Crippen LogP contribution in [0.15, 0.2) is 54.6 Å². The number of para-hydroxylation sites is 1. The van der Waals surface area contributed by atoms with E-state index in [0.29, 0.717) is 37.4 Å². The highest BCUT2D eigenvalue weighted by atomic mass is 16.2. The number of hydrogen-bond donors (Lipinski definition) is 3. The Morgan fingerprint density at radius 1 is 0.944 bits per heavy atom. The van der Waals surface area contributed by atoms with Gasteiger partial charge in [0.05, 0.1) is 11.4 Å². The molecule has 2 aliphatic rings. The summed E-state index contributed by atoms with van der Waals surface area (Å²) < 4.78 is 0. The molecule has 2 aromatic carbocycles. The highest BCUT2D eigenvalue weighted by molar-refractivity contribution is 6.04. The standard InChI is InChI=1S/C27H32N6O3/c28-25(34)23(18-8-2-1-3-9-18)29-26(35)20-11-5-7-13-22(20)32-14-16-33(17-15-32)27(36)24-19-10-4-6-12-21(19)30-31-24/h1-4,6,8-10,12,20,22-23H,5,7,11,13-17H2,(H2,28,34)(H,29,35)(H,30,31)/t20-,22?,23+/m1/s1. The first-order valence-electron chi connectivity index (χ1n) is 12.6. The molecule has 0 bridgehead atoms. The Bertz CT molecular complexity index is 1230. The molecule has 3 atom stereocenters. The number of fused-ring (bicyclic) bond motifs is 1. The lowest BCUT2D eigenvalue weighted by Gasteiger charge is -2.43. The van der Waals surface area contributed by atoms with Crippen molar-refractivity contribution in [1.29, 1.82) is 0 Å². The van der Waals surface area contributed by atoms with Gasteiger partial charge in [0.1, 0.15) is 6.04 Å². The van der Waals surface area contributed by atoms with Crippen LogP contribution in [0.3, 0.4) is 0 Å². The molecule has 9 heteroatoms. The molecule has 0 radical (unpaired) electrons. The topological polar surface area (TPSA) is 124 Å². The molecule has 3 aromatic rings. The number of benzene rings is 2. The van der Waals surface area contributed by atoms with Gasteiger partial charge in [-0.25, -0.2) is 0 Å². The first kappa shape index (κ1) is 24.0. The second kappa shape index (κ2) is 10.5. The summed E-state index contributed by atoms with van der Waals surface area (Å²) in [5.41, 5.74) is 7.62. The maximum atomic E-state index is 13.4. The predicted molar refractivity (Wildman–Crippen MR) is 136 cm³/mol. The van der Waals surface area contributed by atoms with Gasteiger partial charge < -0.3 is 16.0 Å². The lowest BCUT2D eigenvalue weighted by Crippen LogP contribution is -2.56. The number of rotatable bonds is 6. The van der Waals surface area contributed by atoms with E-state index in [1.165, 1.54) is 0 Å². The van der Waals surface area contributed by atoms with E-state index in [1.807, 2.05) is 47.4 Å². The monoisotopic (exact) mass is 488 g/mol. The molecule has 0 spiro atoms. The van der Waals surface area contributed by atoms with E-state index in [-0.39, 0.29) is 23.8 Å². The summed E-state index contributed by atoms with van der Waals surface area (Å²) in [6.45, 7) is 2.55. The lowest BCUT2D eigenvalue weighted by atomic mass is 9.82. The Hall–Kier alpha value is -3.72. The largest absolute Gasteiger partial charge is 0.368 e. The second-order valence-electron chi connectivity index (χ2n) is 9.66. The summed E-state index contributed by atoms with van der Waals surface area (Å²) in [4.78, 5) is 42.8. The molecule has 2 heterocycles. The quantitative estimate of drug-likeness (QED) is 0.491. The first-order valence-corrected chi connectivity index (χ1v) is 12.6. The van der Waals surface area contributed by atoms with Gasteiger partial charge in [-0.05, 0) is 24.5 Å². The number of aromatic nitrogens is 2. The van der Waals surface area contributed by atoms with E-state index in [1.54, 1.807) is 12.1 Å². The van der Waals surface area contributed by atoms with Crippen LogP contribution in [0.4, 0.5) is 0 Å². The van der Waals surface area contributed by atoms with Crippen LogP contribution in [0.2, 0.25) is 0 Å². The van der Waals surface area contributed by atoms with E-state index >= 15 is 0 Å². The van der Waals surface area contributed by atoms with Gasteiger partial charge >= 0.3 is 0 Å². The number of nitrogens with one attached hydrogen (secondary N) is 2. The number of nitrogens with two attached hydrogens (primary N) is 1. The molecule has 9 nitrogen and oxygen atoms in total. The van der Waals surface area contributed by atoms with Crippen molar-refractivity contribution in [2.45, 2.75) is 37.8 Å². The minimum atomic E-state index is -0.848. The van der Waals surface area contributed by atoms with Gasteiger partial charge in [-0.15, -0.1) is 0 Å². The molecule has 3 amide bonds. The van der Waals surface area contributed by atoms with E-state index in [0.717, 1.165) is 36.6 Å². The van der Waals surface area contributed by atoms with Crippen LogP contribution < -0.4 is 11.1 Å². The van der Waals surface area contributed by atoms with Crippen LogP contribution in [0.25, 0.3) is 10.9 Å². The molecular formula is C27H32N6O3. The van der Waals surface area contributed by atoms with Crippen molar-refractivity contribution in [3.8, 4) is 0 Å². The molecule has 5 rings (SSSR count). The zero-order valence-electron chi connectivity index (χ0n) is 20.2. The number of H-pyrrole nitrogens is 1. The number of amides is 3. The smallest absolute Gasteiger partial charge is 0.275 e. The van der Waals surface area contributed by atoms with Gasteiger partial charge in [-0.1, -0.05) is 61.4 Å². The number of carbonyl (C=O) groups excluding carboxylic acids is 3. The Labute approximate surface area is 210 Å². The molecule has 1 aliphatic carbocycles. The van der Waals surface area contributed by atoms with Crippen molar-refractivity contribution in [1.82, 2.24) is 25.3 Å². The molecule has 4 N–H and O–H groups in total. The van der Waals surface area contributed by atoms with E-state index < -0.39 is 11.9 Å². The third-order valence-corrected chi connectivity index (χ3v) is 7.51. The zero-order chi connectivity index (χ0) is 25.1. The van der Waals surface area contributed by atoms with Crippen LogP contribution in [0, 0.1) is 5.92 Å². The molecule has 1 aliphatic heterocycles. The predicted octanol–water partition coefficient (Wildman–Crippen LogP) is 2.22. The van der Waals surface area contributed by atoms with Crippen molar-refractivity contribution >= 4 is 28.6 Å². The van der Waals surface area contributed by atoms with Crippen molar-refractivity contribution in [2.24, 2.45) is 11.7 Å². The fourth-order valence-electron chi connectivity index (χ4n) is 5.60. The second-order valence-corrected chi connectivity index (χ2v) is 9.66. The molecule has 1 saturated carbocycles. The molecular weight excluding hydrogens is 456 g/mol. The fourth-order valence-corrected chi connectivity index (χ4v) is 5.60. The van der Waals surface area contributed by atoms with Crippen molar-refractivity contribution in [2.75, 3.05) is 26.2 Å². The van der Waals surface area contributed by atoms with Crippen molar-refractivity contribution < 1.29 is 14.4 Å². The van der Waals surface area contributed by atoms with Crippen LogP contribution in [0.5, 0.6) is 0 Å². The van der Waals surface area contributed by atoms with Crippen LogP contribution >= 0.6 is 0 Å². The van der Waals surface area contributed by atoms with Gasteiger partial charge in [0.25, 0.3) is 5.91 Å². The minimum Gasteiger partial charge on any atom is -0.368 e. The Morgan fingerprint density at radius 2 is 1.64 bits per heavy atom. The lowest BCUT2D eigenvalue weighted by molar-refractivity contribution is -0.133. The molecule has 2 fully saturated rings. The number of piperazine rings is 1. The van der Waals surface area contributed by atoms with Gasteiger partial charge in [0, 0.05) is 37.6 Å². The third kappa shape index (κ3) is 4.83. The average Bonchev–Trinajstić information content (AvgIpc) is 3.36. The Balaban J connectivity index is 1.24. The van der Waals surface area contributed by atoms with E-state index in [2.05, 4.69) is 20.4 Å². The number of nitrogens with zero attached hydrogens (tertiary/aromatic N) is 3. The molecule has 1 unspecified atom stereocenters. The zero-order valence-corrected chi connectivity index (χ0v) is 20.2. The Kier molecular flexibility index (Phi) is 6.99. The number of primary amides is 1. The summed E-state index contributed by atoms with van der Waals surface area (Å²) in [6, 6.07) is 16.0. The molecule has 188 valence electrons. The summed E-state index contributed by atoms with van der Waals surface area (Å²) in [5, 5.41) is 10.9. The number of hydrogen-bond acceptors (Lipinski definition) is 5. The fraction of sp³-hybridized carbons (Fsp3) is 0.407. The van der Waals surface area contributed by atoms with Crippen molar-refractivity contribution in [3.05, 3.63) is 65.9 Å². The van der Waals surface area contributed by atoms with Crippen LogP contribution in [0.1, 0.15) is 47.8 Å². The third-order valence-electron chi connectivity index (χ3n) is 7.51. The molecule has 1 saturated heterocycles. The van der Waals surface area contributed by atoms with E-state index in [9.17, 15) is 14.4 Å². The highest BCUT2D eigenvalue weighted by Crippen LogP contribution is 2.30. The van der Waals surface area contributed by atoms with E-state index in [4.69, 9.17) is 5.73 Å². The summed E-state index contributed by atoms with van der Waals surface area (Å²) in [7, 11) is 0. The summed E-state index contributed by atoms with van der Waals surface area (Å²) in [6.07, 6.45) is 3.73. The SMILES string of the molecule is NC(=O)[C@@H](NC(=O)[C@@H]1CCCCC1N1CCN(C(=O)c2n[nH]c3ccccc23)CC1)c1ccccc1. The summed E-state index contributed by atoms with van der Waals surface area (Å²) in [5.74, 6) is -0.993. The summed E-state index contributed by atoms with van der Waals surface area (Å²) >= 11 is 0. The van der Waals surface area contributed by atoms with Crippen LogP contribution in [-0.4, -0.2) is 69.9 Å². The van der Waals surface area contributed by atoms with Gasteiger partial charge in [0.15, 0.2) is 5.69 Å². The average molecular weight is 489 g/mol. The van der Waals surface area contributed by atoms with Crippen molar-refractivity contribution in [3.63, 3.8) is 0 Å². The molecule has 1 aromatic heterocycles. The highest BCUT2D eigenvalue weighted by Gasteiger charge is 2.38. The minimum absolute atomic E-state index is 0.0720. The number of carbonyl (C=O) groups is 3. The van der Waals surface area contributed by atoms with Gasteiger partial charge in [-0.3, -0.25) is 24.4 Å².